The van der Waals surface area contributed by atoms with Gasteiger partial charge in [-0.15, -0.1) is 0 Å². The van der Waals surface area contributed by atoms with Crippen LogP contribution < -0.4 is 5.32 Å². The summed E-state index contributed by atoms with van der Waals surface area (Å²) in [5.74, 6) is -0.919. The summed E-state index contributed by atoms with van der Waals surface area (Å²) in [6, 6.07) is 13.4. The zero-order valence-electron chi connectivity index (χ0n) is 11.4. The monoisotopic (exact) mass is 333 g/mol. The number of halogens is 1. The van der Waals surface area contributed by atoms with Gasteiger partial charge in [0.25, 0.3) is 0 Å². The molecule has 1 atom stereocenters. The number of aryl methyl sites for hydroxylation is 1. The predicted octanol–water partition coefficient (Wildman–Crippen LogP) is 4.63. The lowest BCUT2D eigenvalue weighted by Gasteiger charge is -2.18. The first kappa shape index (κ1) is 14.6. The molecule has 0 amide bonds. The molecule has 2 rings (SSSR count). The van der Waals surface area contributed by atoms with Crippen LogP contribution >= 0.6 is 15.9 Å². The molecule has 0 spiro atoms. The third kappa shape index (κ3) is 3.39. The van der Waals surface area contributed by atoms with Crippen LogP contribution in [-0.2, 0) is 0 Å². The summed E-state index contributed by atoms with van der Waals surface area (Å²) in [5.41, 5.74) is 2.96. The Morgan fingerprint density at radius 1 is 1.25 bits per heavy atom. The Morgan fingerprint density at radius 2 is 2.00 bits per heavy atom. The molecule has 1 unspecified atom stereocenters. The van der Waals surface area contributed by atoms with E-state index in [0.29, 0.717) is 11.3 Å². The van der Waals surface area contributed by atoms with Crippen molar-refractivity contribution in [3.05, 3.63) is 63.6 Å². The second kappa shape index (κ2) is 6.09. The Bertz CT molecular complexity index is 640. The number of aromatic carboxylic acids is 1. The highest BCUT2D eigenvalue weighted by Gasteiger charge is 2.13. The number of carbonyl (C=O) groups is 1. The summed E-state index contributed by atoms with van der Waals surface area (Å²) in [6.07, 6.45) is 0. The molecule has 0 saturated carbocycles. The van der Waals surface area contributed by atoms with E-state index in [-0.39, 0.29) is 6.04 Å². The molecular formula is C16H16BrNO2. The number of hydrogen-bond donors (Lipinski definition) is 2. The zero-order valence-corrected chi connectivity index (χ0v) is 12.9. The van der Waals surface area contributed by atoms with Crippen molar-refractivity contribution in [1.29, 1.82) is 0 Å². The van der Waals surface area contributed by atoms with E-state index in [0.717, 1.165) is 15.6 Å². The Labute approximate surface area is 126 Å². The van der Waals surface area contributed by atoms with Crippen LogP contribution in [0.4, 0.5) is 5.69 Å². The summed E-state index contributed by atoms with van der Waals surface area (Å²) < 4.78 is 1.01. The fourth-order valence-electron chi connectivity index (χ4n) is 2.05. The first-order valence-corrected chi connectivity index (χ1v) is 7.12. The lowest BCUT2D eigenvalue weighted by molar-refractivity contribution is 0.0698. The highest BCUT2D eigenvalue weighted by Crippen LogP contribution is 2.25. The van der Waals surface area contributed by atoms with Gasteiger partial charge in [-0.25, -0.2) is 4.79 Å². The minimum atomic E-state index is -0.919. The van der Waals surface area contributed by atoms with E-state index in [2.05, 4.69) is 21.2 Å². The average molecular weight is 334 g/mol. The molecule has 0 bridgehead atoms. The normalized spacial score (nSPS) is 11.9. The molecule has 0 saturated heterocycles. The van der Waals surface area contributed by atoms with Gasteiger partial charge < -0.3 is 10.4 Å². The summed E-state index contributed by atoms with van der Waals surface area (Å²) in [5, 5.41) is 12.5. The maximum atomic E-state index is 11.3. The predicted molar refractivity (Wildman–Crippen MR) is 84.3 cm³/mol. The second-order valence-electron chi connectivity index (χ2n) is 4.78. The third-order valence-electron chi connectivity index (χ3n) is 3.13. The van der Waals surface area contributed by atoms with Crippen LogP contribution in [0.5, 0.6) is 0 Å². The highest BCUT2D eigenvalue weighted by atomic mass is 79.9. The van der Waals surface area contributed by atoms with E-state index in [1.807, 2.05) is 50.2 Å². The van der Waals surface area contributed by atoms with Gasteiger partial charge in [-0.05, 0) is 43.7 Å². The number of nitrogens with one attached hydrogen (secondary N) is 1. The SMILES string of the molecule is Cc1ccc(NC(C)c2cccc(Br)c2)c(C(=O)O)c1. The highest BCUT2D eigenvalue weighted by molar-refractivity contribution is 9.10. The van der Waals surface area contributed by atoms with Crippen LogP contribution in [0.25, 0.3) is 0 Å². The number of rotatable bonds is 4. The van der Waals surface area contributed by atoms with Crippen molar-refractivity contribution < 1.29 is 9.90 Å². The molecule has 2 aromatic carbocycles. The van der Waals surface area contributed by atoms with Crippen LogP contribution in [0.15, 0.2) is 46.9 Å². The number of benzene rings is 2. The number of hydrogen-bond acceptors (Lipinski definition) is 2. The lowest BCUT2D eigenvalue weighted by Crippen LogP contribution is -2.11. The molecule has 20 heavy (non-hydrogen) atoms. The molecular weight excluding hydrogens is 318 g/mol. The van der Waals surface area contributed by atoms with Gasteiger partial charge in [-0.1, -0.05) is 39.7 Å². The summed E-state index contributed by atoms with van der Waals surface area (Å²) in [4.78, 5) is 11.3. The van der Waals surface area contributed by atoms with Crippen molar-refractivity contribution in [1.82, 2.24) is 0 Å². The van der Waals surface area contributed by atoms with Crippen molar-refractivity contribution in [2.45, 2.75) is 19.9 Å². The Balaban J connectivity index is 2.28. The van der Waals surface area contributed by atoms with Crippen LogP contribution in [0, 0.1) is 6.92 Å². The summed E-state index contributed by atoms with van der Waals surface area (Å²) in [6.45, 7) is 3.89. The van der Waals surface area contributed by atoms with E-state index in [9.17, 15) is 9.90 Å². The molecule has 2 N–H and O–H groups in total. The van der Waals surface area contributed by atoms with Crippen molar-refractivity contribution >= 4 is 27.6 Å². The van der Waals surface area contributed by atoms with Crippen molar-refractivity contribution in [2.75, 3.05) is 5.32 Å². The topological polar surface area (TPSA) is 49.3 Å². The number of carboxylic acids is 1. The van der Waals surface area contributed by atoms with E-state index >= 15 is 0 Å². The van der Waals surface area contributed by atoms with E-state index < -0.39 is 5.97 Å². The van der Waals surface area contributed by atoms with Gasteiger partial charge in [-0.3, -0.25) is 0 Å². The van der Waals surface area contributed by atoms with Crippen molar-refractivity contribution in [3.63, 3.8) is 0 Å². The Hall–Kier alpha value is -1.81. The lowest BCUT2D eigenvalue weighted by atomic mass is 10.1. The van der Waals surface area contributed by atoms with Crippen LogP contribution in [0.2, 0.25) is 0 Å². The van der Waals surface area contributed by atoms with Gasteiger partial charge in [0.05, 0.1) is 5.56 Å². The van der Waals surface area contributed by atoms with Gasteiger partial charge in [0, 0.05) is 16.2 Å². The van der Waals surface area contributed by atoms with Gasteiger partial charge in [0.2, 0.25) is 0 Å². The molecule has 3 nitrogen and oxygen atoms in total. The van der Waals surface area contributed by atoms with E-state index in [1.165, 1.54) is 0 Å². The molecule has 0 fully saturated rings. The molecule has 104 valence electrons. The fraction of sp³-hybridized carbons (Fsp3) is 0.188. The summed E-state index contributed by atoms with van der Waals surface area (Å²) in [7, 11) is 0. The van der Waals surface area contributed by atoms with Gasteiger partial charge in [0.1, 0.15) is 0 Å². The minimum Gasteiger partial charge on any atom is -0.478 e. The molecule has 0 aliphatic carbocycles. The number of anilines is 1. The van der Waals surface area contributed by atoms with Crippen LogP contribution in [0.3, 0.4) is 0 Å². The summed E-state index contributed by atoms with van der Waals surface area (Å²) >= 11 is 3.44. The quantitative estimate of drug-likeness (QED) is 0.857. The molecule has 0 aromatic heterocycles. The number of carboxylic acid groups (broad SMARTS) is 1. The van der Waals surface area contributed by atoms with Gasteiger partial charge >= 0.3 is 5.97 Å². The molecule has 0 aliphatic heterocycles. The zero-order chi connectivity index (χ0) is 14.7. The molecule has 0 aliphatic rings. The molecule has 0 radical (unpaired) electrons. The first-order chi connectivity index (χ1) is 9.47. The molecule has 0 heterocycles. The van der Waals surface area contributed by atoms with Gasteiger partial charge in [-0.2, -0.15) is 0 Å². The van der Waals surface area contributed by atoms with Crippen LogP contribution in [0.1, 0.15) is 34.5 Å². The second-order valence-corrected chi connectivity index (χ2v) is 5.69. The standard InChI is InChI=1S/C16H16BrNO2/c1-10-6-7-15(14(8-10)16(19)20)18-11(2)12-4-3-5-13(17)9-12/h3-9,11,18H,1-2H3,(H,19,20). The Kier molecular flexibility index (Phi) is 4.45. The Morgan fingerprint density at radius 3 is 2.65 bits per heavy atom. The van der Waals surface area contributed by atoms with E-state index in [1.54, 1.807) is 6.07 Å². The largest absolute Gasteiger partial charge is 0.478 e. The van der Waals surface area contributed by atoms with Crippen LogP contribution in [-0.4, -0.2) is 11.1 Å². The van der Waals surface area contributed by atoms with Crippen molar-refractivity contribution in [2.24, 2.45) is 0 Å². The average Bonchev–Trinajstić information content (AvgIpc) is 2.40. The first-order valence-electron chi connectivity index (χ1n) is 6.33. The van der Waals surface area contributed by atoms with E-state index in [4.69, 9.17) is 0 Å². The van der Waals surface area contributed by atoms with Gasteiger partial charge in [0.15, 0.2) is 0 Å². The van der Waals surface area contributed by atoms with Crippen molar-refractivity contribution in [3.8, 4) is 0 Å². The molecule has 2 aromatic rings. The maximum Gasteiger partial charge on any atom is 0.337 e. The fourth-order valence-corrected chi connectivity index (χ4v) is 2.47. The third-order valence-corrected chi connectivity index (χ3v) is 3.62. The maximum absolute atomic E-state index is 11.3. The molecule has 4 heteroatoms. The minimum absolute atomic E-state index is 0.0216. The smallest absolute Gasteiger partial charge is 0.337 e.